The van der Waals surface area contributed by atoms with Crippen molar-refractivity contribution in [2.45, 2.75) is 19.3 Å². The molecular formula is C23H22N8O. The average Bonchev–Trinajstić information content (AvgIpc) is 3.48. The zero-order valence-electron chi connectivity index (χ0n) is 17.7. The quantitative estimate of drug-likeness (QED) is 0.448. The highest BCUT2D eigenvalue weighted by molar-refractivity contribution is 5.95. The number of nitrogens with zero attached hydrogens (tertiary/aromatic N) is 6. The van der Waals surface area contributed by atoms with E-state index in [4.69, 9.17) is 9.72 Å². The molecule has 0 spiro atoms. The van der Waals surface area contributed by atoms with Gasteiger partial charge in [-0.25, -0.2) is 15.0 Å². The van der Waals surface area contributed by atoms with E-state index in [1.165, 1.54) is 19.3 Å². The Balaban J connectivity index is 1.45. The van der Waals surface area contributed by atoms with E-state index in [9.17, 15) is 0 Å². The van der Waals surface area contributed by atoms with E-state index >= 15 is 0 Å². The SMILES string of the molecule is COc1cncc(-c2cnc3n[nH]c(-c4nc5nccc(N6CCCCC6)c5[nH]4)c3c2)c1. The van der Waals surface area contributed by atoms with E-state index in [0.717, 1.165) is 46.5 Å². The van der Waals surface area contributed by atoms with E-state index in [1.807, 2.05) is 18.3 Å². The number of aromatic amines is 2. The van der Waals surface area contributed by atoms with E-state index in [-0.39, 0.29) is 0 Å². The van der Waals surface area contributed by atoms with Crippen molar-refractivity contribution in [3.05, 3.63) is 43.0 Å². The summed E-state index contributed by atoms with van der Waals surface area (Å²) in [6, 6.07) is 6.05. The van der Waals surface area contributed by atoms with Crippen LogP contribution >= 0.6 is 0 Å². The fourth-order valence-corrected chi connectivity index (χ4v) is 4.34. The third kappa shape index (κ3) is 3.13. The number of fused-ring (bicyclic) bond motifs is 2. The van der Waals surface area contributed by atoms with Crippen LogP contribution in [0.15, 0.2) is 43.0 Å². The molecule has 0 aromatic carbocycles. The standard InChI is InChI=1S/C23H22N8O/c1-32-16-9-14(11-24-13-16)15-10-17-19(29-30-21(17)26-12-15)23-27-20-18(5-6-25-22(20)28-23)31-7-3-2-4-8-31/h5-6,9-13H,2-4,7-8H2,1H3,(H,25,27,28)(H,26,29,30). The maximum atomic E-state index is 5.31. The van der Waals surface area contributed by atoms with Gasteiger partial charge in [0.2, 0.25) is 0 Å². The van der Waals surface area contributed by atoms with Gasteiger partial charge in [0, 0.05) is 42.8 Å². The molecule has 6 rings (SSSR count). The first-order valence-electron chi connectivity index (χ1n) is 10.7. The molecule has 2 N–H and O–H groups in total. The summed E-state index contributed by atoms with van der Waals surface area (Å²) in [5, 5.41) is 8.36. The summed E-state index contributed by atoms with van der Waals surface area (Å²) >= 11 is 0. The Morgan fingerprint density at radius 3 is 2.72 bits per heavy atom. The van der Waals surface area contributed by atoms with Crippen LogP contribution in [0.25, 0.3) is 44.8 Å². The van der Waals surface area contributed by atoms with Crippen LogP contribution in [-0.4, -0.2) is 55.3 Å². The number of aromatic nitrogens is 7. The van der Waals surface area contributed by atoms with Crippen LogP contribution in [0.2, 0.25) is 0 Å². The number of imidazole rings is 1. The van der Waals surface area contributed by atoms with Crippen LogP contribution in [0.1, 0.15) is 19.3 Å². The molecule has 9 nitrogen and oxygen atoms in total. The molecule has 5 aromatic heterocycles. The summed E-state index contributed by atoms with van der Waals surface area (Å²) in [6.45, 7) is 2.12. The molecule has 9 heteroatoms. The molecule has 1 aliphatic rings. The number of piperidine rings is 1. The monoisotopic (exact) mass is 426 g/mol. The maximum Gasteiger partial charge on any atom is 0.181 e. The summed E-state index contributed by atoms with van der Waals surface area (Å²) < 4.78 is 5.31. The zero-order chi connectivity index (χ0) is 21.5. The van der Waals surface area contributed by atoms with Crippen LogP contribution in [0.4, 0.5) is 5.69 Å². The minimum absolute atomic E-state index is 0.629. The fraction of sp³-hybridized carbons (Fsp3) is 0.261. The summed E-state index contributed by atoms with van der Waals surface area (Å²) in [5.74, 6) is 1.39. The van der Waals surface area contributed by atoms with Crippen LogP contribution in [0.3, 0.4) is 0 Å². The van der Waals surface area contributed by atoms with Gasteiger partial charge in [0.1, 0.15) is 17.0 Å². The third-order valence-corrected chi connectivity index (χ3v) is 6.00. The number of rotatable bonds is 4. The van der Waals surface area contributed by atoms with E-state index in [1.54, 1.807) is 25.7 Å². The zero-order valence-corrected chi connectivity index (χ0v) is 17.7. The van der Waals surface area contributed by atoms with Crippen LogP contribution in [0, 0.1) is 0 Å². The molecule has 32 heavy (non-hydrogen) atoms. The Labute approximate surface area is 183 Å². The number of pyridine rings is 3. The van der Waals surface area contributed by atoms with Crippen molar-refractivity contribution in [3.63, 3.8) is 0 Å². The Bertz CT molecular complexity index is 1420. The van der Waals surface area contributed by atoms with Gasteiger partial charge in [-0.3, -0.25) is 10.1 Å². The summed E-state index contributed by atoms with van der Waals surface area (Å²) in [7, 11) is 1.63. The molecule has 0 unspecified atom stereocenters. The van der Waals surface area contributed by atoms with Crippen molar-refractivity contribution in [3.8, 4) is 28.4 Å². The van der Waals surface area contributed by atoms with Crippen molar-refractivity contribution in [1.82, 2.24) is 35.1 Å². The average molecular weight is 426 g/mol. The van der Waals surface area contributed by atoms with Crippen molar-refractivity contribution in [1.29, 1.82) is 0 Å². The van der Waals surface area contributed by atoms with Gasteiger partial charge in [-0.05, 0) is 37.5 Å². The second-order valence-corrected chi connectivity index (χ2v) is 7.97. The van der Waals surface area contributed by atoms with Crippen molar-refractivity contribution in [2.24, 2.45) is 0 Å². The predicted octanol–water partition coefficient (Wildman–Crippen LogP) is 3.96. The van der Waals surface area contributed by atoms with Crippen LogP contribution in [0.5, 0.6) is 5.75 Å². The van der Waals surface area contributed by atoms with Gasteiger partial charge in [-0.2, -0.15) is 5.10 Å². The molecule has 1 fully saturated rings. The lowest BCUT2D eigenvalue weighted by atomic mass is 10.1. The van der Waals surface area contributed by atoms with E-state index < -0.39 is 0 Å². The first-order chi connectivity index (χ1) is 15.8. The van der Waals surface area contributed by atoms with Gasteiger partial charge in [0.15, 0.2) is 17.1 Å². The number of methoxy groups -OCH3 is 1. The summed E-state index contributed by atoms with van der Waals surface area (Å²) in [5.41, 5.74) is 6.06. The van der Waals surface area contributed by atoms with Gasteiger partial charge < -0.3 is 14.6 Å². The van der Waals surface area contributed by atoms with Gasteiger partial charge >= 0.3 is 0 Å². The number of anilines is 1. The number of ether oxygens (including phenoxy) is 1. The molecule has 0 saturated carbocycles. The second-order valence-electron chi connectivity index (χ2n) is 7.97. The van der Waals surface area contributed by atoms with Crippen molar-refractivity contribution in [2.75, 3.05) is 25.1 Å². The minimum atomic E-state index is 0.629. The molecule has 1 aliphatic heterocycles. The lowest BCUT2D eigenvalue weighted by molar-refractivity contribution is 0.413. The smallest absolute Gasteiger partial charge is 0.181 e. The number of nitrogens with one attached hydrogen (secondary N) is 2. The maximum absolute atomic E-state index is 5.31. The minimum Gasteiger partial charge on any atom is -0.495 e. The molecule has 5 aromatic rings. The van der Waals surface area contributed by atoms with E-state index in [0.29, 0.717) is 22.9 Å². The third-order valence-electron chi connectivity index (χ3n) is 6.00. The Hall–Kier alpha value is -4.01. The lowest BCUT2D eigenvalue weighted by Gasteiger charge is -2.28. The summed E-state index contributed by atoms with van der Waals surface area (Å²) in [6.07, 6.45) is 10.8. The largest absolute Gasteiger partial charge is 0.495 e. The molecule has 0 atom stereocenters. The number of H-pyrrole nitrogens is 2. The summed E-state index contributed by atoms with van der Waals surface area (Å²) in [4.78, 5) is 23.9. The fourth-order valence-electron chi connectivity index (χ4n) is 4.34. The molecule has 160 valence electrons. The molecule has 0 amide bonds. The van der Waals surface area contributed by atoms with Gasteiger partial charge in [-0.1, -0.05) is 0 Å². The Kier molecular flexibility index (Phi) is 4.45. The first-order valence-corrected chi connectivity index (χ1v) is 10.7. The van der Waals surface area contributed by atoms with Crippen LogP contribution < -0.4 is 9.64 Å². The predicted molar refractivity (Wildman–Crippen MR) is 123 cm³/mol. The topological polar surface area (TPSA) is 108 Å². The second kappa shape index (κ2) is 7.60. The Morgan fingerprint density at radius 1 is 0.969 bits per heavy atom. The van der Waals surface area contributed by atoms with Crippen LogP contribution in [-0.2, 0) is 0 Å². The lowest BCUT2D eigenvalue weighted by Crippen LogP contribution is -2.29. The molecule has 6 heterocycles. The van der Waals surface area contributed by atoms with Crippen molar-refractivity contribution < 1.29 is 4.74 Å². The normalized spacial score (nSPS) is 14.3. The molecule has 0 aliphatic carbocycles. The van der Waals surface area contributed by atoms with E-state index in [2.05, 4.69) is 41.1 Å². The molecular weight excluding hydrogens is 404 g/mol. The Morgan fingerprint density at radius 2 is 1.84 bits per heavy atom. The molecule has 0 bridgehead atoms. The van der Waals surface area contributed by atoms with Crippen molar-refractivity contribution >= 4 is 27.9 Å². The molecule has 0 radical (unpaired) electrons. The van der Waals surface area contributed by atoms with Gasteiger partial charge in [0.25, 0.3) is 0 Å². The number of hydrogen-bond donors (Lipinski definition) is 2. The highest BCUT2D eigenvalue weighted by Crippen LogP contribution is 2.32. The molecule has 1 saturated heterocycles. The first kappa shape index (κ1) is 18.7. The number of hydrogen-bond acceptors (Lipinski definition) is 7. The highest BCUT2D eigenvalue weighted by Gasteiger charge is 2.19. The van der Waals surface area contributed by atoms with Gasteiger partial charge in [0.05, 0.1) is 24.4 Å². The van der Waals surface area contributed by atoms with Gasteiger partial charge in [-0.15, -0.1) is 0 Å². The highest BCUT2D eigenvalue weighted by atomic mass is 16.5.